The Morgan fingerprint density at radius 1 is 1.47 bits per heavy atom. The normalized spacial score (nSPS) is 11.0. The average molecular weight is 237 g/mol. The van der Waals surface area contributed by atoms with Crippen molar-refractivity contribution >= 4 is 11.7 Å². The van der Waals surface area contributed by atoms with E-state index in [0.29, 0.717) is 24.7 Å². The molecule has 2 aromatic heterocycles. The maximum Gasteiger partial charge on any atom is 0.356 e. The van der Waals surface area contributed by atoms with Crippen molar-refractivity contribution < 1.29 is 14.3 Å². The Kier molecular flexibility index (Phi) is 3.14. The topological polar surface area (TPSA) is 57.8 Å². The number of nitrogens with zero attached hydrogens (tertiary/aromatic N) is 3. The first-order valence-electron chi connectivity index (χ1n) is 5.36. The number of carbonyl (C=O) groups is 1. The molecule has 0 saturated heterocycles. The summed E-state index contributed by atoms with van der Waals surface area (Å²) < 4.78 is 13.5. The second-order valence-electron chi connectivity index (χ2n) is 3.67. The Hall–Kier alpha value is -1.82. The zero-order valence-electron chi connectivity index (χ0n) is 10.1. The van der Waals surface area contributed by atoms with Crippen molar-refractivity contribution in [1.82, 2.24) is 14.0 Å². The largest absolute Gasteiger partial charge is 0.461 e. The van der Waals surface area contributed by atoms with E-state index in [1.165, 1.54) is 0 Å². The number of aryl methyl sites for hydroxylation is 1. The molecular formula is C11H15N3O3. The quantitative estimate of drug-likeness (QED) is 0.744. The van der Waals surface area contributed by atoms with Crippen LogP contribution in [0.1, 0.15) is 23.1 Å². The molecule has 92 valence electrons. The zero-order chi connectivity index (χ0) is 12.4. The lowest BCUT2D eigenvalue weighted by atomic mass is 10.4. The van der Waals surface area contributed by atoms with Crippen LogP contribution in [-0.2, 0) is 23.1 Å². The van der Waals surface area contributed by atoms with Crippen LogP contribution in [0.15, 0.2) is 12.4 Å². The molecule has 2 heterocycles. The number of imidazole rings is 2. The summed E-state index contributed by atoms with van der Waals surface area (Å²) in [5.74, 6) is 0.355. The summed E-state index contributed by atoms with van der Waals surface area (Å²) in [6.45, 7) is 2.60. The van der Waals surface area contributed by atoms with E-state index in [1.807, 2.05) is 6.20 Å². The highest BCUT2D eigenvalue weighted by Crippen LogP contribution is 2.11. The van der Waals surface area contributed by atoms with Crippen molar-refractivity contribution in [3.63, 3.8) is 0 Å². The second kappa shape index (κ2) is 4.58. The van der Waals surface area contributed by atoms with E-state index in [-0.39, 0.29) is 5.97 Å². The van der Waals surface area contributed by atoms with E-state index >= 15 is 0 Å². The third-order valence-corrected chi connectivity index (χ3v) is 2.46. The fourth-order valence-corrected chi connectivity index (χ4v) is 1.71. The van der Waals surface area contributed by atoms with Crippen molar-refractivity contribution in [2.75, 3.05) is 13.7 Å². The standard InChI is InChI=1S/C11H15N3O3/c1-4-17-10(15)9-6-14-5-8(7-16-3)12-11(14)13(9)2/h5-6H,4,7H2,1-3H3. The van der Waals surface area contributed by atoms with E-state index in [1.54, 1.807) is 36.2 Å². The van der Waals surface area contributed by atoms with Gasteiger partial charge in [-0.05, 0) is 6.92 Å². The van der Waals surface area contributed by atoms with Crippen LogP contribution in [0.5, 0.6) is 0 Å². The molecule has 0 saturated carbocycles. The number of ether oxygens (including phenoxy) is 2. The lowest BCUT2D eigenvalue weighted by Crippen LogP contribution is -2.09. The van der Waals surface area contributed by atoms with Crippen molar-refractivity contribution in [3.05, 3.63) is 23.8 Å². The minimum absolute atomic E-state index is 0.339. The summed E-state index contributed by atoms with van der Waals surface area (Å²) >= 11 is 0. The molecule has 0 aromatic carbocycles. The van der Waals surface area contributed by atoms with Crippen LogP contribution in [0.25, 0.3) is 5.78 Å². The summed E-state index contributed by atoms with van der Waals surface area (Å²) in [4.78, 5) is 16.0. The van der Waals surface area contributed by atoms with Gasteiger partial charge in [0, 0.05) is 26.6 Å². The summed E-state index contributed by atoms with van der Waals surface area (Å²) in [5, 5.41) is 0. The molecule has 0 atom stereocenters. The molecule has 0 radical (unpaired) electrons. The number of carbonyl (C=O) groups excluding carboxylic acids is 1. The van der Waals surface area contributed by atoms with Crippen molar-refractivity contribution in [3.8, 4) is 0 Å². The highest BCUT2D eigenvalue weighted by molar-refractivity contribution is 5.88. The molecule has 0 aliphatic heterocycles. The maximum atomic E-state index is 11.6. The van der Waals surface area contributed by atoms with Gasteiger partial charge in [-0.1, -0.05) is 0 Å². The van der Waals surface area contributed by atoms with Crippen LogP contribution in [0.4, 0.5) is 0 Å². The summed E-state index contributed by atoms with van der Waals surface area (Å²) in [6, 6.07) is 0. The fourth-order valence-electron chi connectivity index (χ4n) is 1.71. The summed E-state index contributed by atoms with van der Waals surface area (Å²) in [7, 11) is 3.40. The van der Waals surface area contributed by atoms with Gasteiger partial charge in [-0.3, -0.25) is 4.40 Å². The van der Waals surface area contributed by atoms with E-state index in [0.717, 1.165) is 5.69 Å². The summed E-state index contributed by atoms with van der Waals surface area (Å²) in [5.41, 5.74) is 1.31. The van der Waals surface area contributed by atoms with Crippen LogP contribution < -0.4 is 0 Å². The fraction of sp³-hybridized carbons (Fsp3) is 0.455. The number of methoxy groups -OCH3 is 1. The molecule has 6 heteroatoms. The highest BCUT2D eigenvalue weighted by Gasteiger charge is 2.16. The van der Waals surface area contributed by atoms with Crippen molar-refractivity contribution in [1.29, 1.82) is 0 Å². The van der Waals surface area contributed by atoms with Gasteiger partial charge in [0.05, 0.1) is 18.9 Å². The first-order valence-corrected chi connectivity index (χ1v) is 5.36. The van der Waals surface area contributed by atoms with Crippen LogP contribution in [0.3, 0.4) is 0 Å². The molecule has 2 rings (SSSR count). The van der Waals surface area contributed by atoms with Crippen LogP contribution in [-0.4, -0.2) is 33.6 Å². The van der Waals surface area contributed by atoms with Gasteiger partial charge >= 0.3 is 5.97 Å². The molecule has 0 fully saturated rings. The van der Waals surface area contributed by atoms with Gasteiger partial charge in [0.1, 0.15) is 5.69 Å². The number of hydrogen-bond donors (Lipinski definition) is 0. The molecule has 0 N–H and O–H groups in total. The molecule has 17 heavy (non-hydrogen) atoms. The minimum Gasteiger partial charge on any atom is -0.461 e. The van der Waals surface area contributed by atoms with Gasteiger partial charge < -0.3 is 14.0 Å². The Bertz CT molecular complexity index is 541. The van der Waals surface area contributed by atoms with Crippen molar-refractivity contribution in [2.24, 2.45) is 7.05 Å². The Labute approximate surface area is 98.8 Å². The van der Waals surface area contributed by atoms with Crippen LogP contribution in [0.2, 0.25) is 0 Å². The molecule has 0 bridgehead atoms. The number of rotatable bonds is 4. The van der Waals surface area contributed by atoms with Crippen LogP contribution in [0, 0.1) is 0 Å². The zero-order valence-corrected chi connectivity index (χ0v) is 10.1. The minimum atomic E-state index is -0.339. The SMILES string of the molecule is CCOC(=O)c1cn2cc(COC)nc2n1C. The predicted octanol–water partition coefficient (Wildman–Crippen LogP) is 0.996. The van der Waals surface area contributed by atoms with E-state index in [9.17, 15) is 4.79 Å². The van der Waals surface area contributed by atoms with Gasteiger partial charge in [-0.2, -0.15) is 0 Å². The molecule has 0 unspecified atom stereocenters. The van der Waals surface area contributed by atoms with E-state index in [4.69, 9.17) is 9.47 Å². The molecule has 0 amide bonds. The Morgan fingerprint density at radius 2 is 2.24 bits per heavy atom. The monoisotopic (exact) mass is 237 g/mol. The molecular weight excluding hydrogens is 222 g/mol. The summed E-state index contributed by atoms with van der Waals surface area (Å²) in [6.07, 6.45) is 3.54. The molecule has 2 aromatic rings. The predicted molar refractivity (Wildman–Crippen MR) is 60.8 cm³/mol. The lowest BCUT2D eigenvalue weighted by molar-refractivity contribution is 0.0515. The molecule has 0 aliphatic rings. The lowest BCUT2D eigenvalue weighted by Gasteiger charge is -2.01. The Balaban J connectivity index is 2.38. The molecule has 0 spiro atoms. The molecule has 0 aliphatic carbocycles. The van der Waals surface area contributed by atoms with Gasteiger partial charge in [0.25, 0.3) is 0 Å². The smallest absolute Gasteiger partial charge is 0.356 e. The Morgan fingerprint density at radius 3 is 2.82 bits per heavy atom. The van der Waals surface area contributed by atoms with Gasteiger partial charge in [-0.15, -0.1) is 0 Å². The van der Waals surface area contributed by atoms with Gasteiger partial charge in [0.2, 0.25) is 5.78 Å². The maximum absolute atomic E-state index is 11.6. The molecule has 6 nitrogen and oxygen atoms in total. The van der Waals surface area contributed by atoms with Crippen molar-refractivity contribution in [2.45, 2.75) is 13.5 Å². The average Bonchev–Trinajstić information content (AvgIpc) is 2.80. The van der Waals surface area contributed by atoms with Gasteiger partial charge in [0.15, 0.2) is 0 Å². The number of fused-ring (bicyclic) bond motifs is 1. The number of aromatic nitrogens is 3. The third-order valence-electron chi connectivity index (χ3n) is 2.46. The third kappa shape index (κ3) is 2.03. The second-order valence-corrected chi connectivity index (χ2v) is 3.67. The number of hydrogen-bond acceptors (Lipinski definition) is 4. The van der Waals surface area contributed by atoms with E-state index < -0.39 is 0 Å². The first-order chi connectivity index (χ1) is 8.17. The highest BCUT2D eigenvalue weighted by atomic mass is 16.5. The first kappa shape index (κ1) is 11.7. The number of esters is 1. The van der Waals surface area contributed by atoms with Gasteiger partial charge in [-0.25, -0.2) is 9.78 Å². The van der Waals surface area contributed by atoms with E-state index in [2.05, 4.69) is 4.98 Å². The van der Waals surface area contributed by atoms with Crippen LogP contribution >= 0.6 is 0 Å².